The van der Waals surface area contributed by atoms with Crippen molar-refractivity contribution in [3.63, 3.8) is 0 Å². The van der Waals surface area contributed by atoms with E-state index >= 15 is 0 Å². The molecular weight excluding hydrogens is 1300 g/mol. The highest BCUT2D eigenvalue weighted by Gasteiger charge is 2.43. The molecule has 0 aliphatic carbocycles. The van der Waals surface area contributed by atoms with Gasteiger partial charge in [-0.25, -0.2) is 0 Å². The van der Waals surface area contributed by atoms with Crippen LogP contribution >= 0.6 is 0 Å². The number of amides is 9. The number of carbonyl (C=O) groups is 9. The zero-order valence-electron chi connectivity index (χ0n) is 67.6. The Morgan fingerprint density at radius 2 is 0.843 bits per heavy atom. The summed E-state index contributed by atoms with van der Waals surface area (Å²) in [5.41, 5.74) is 6.73. The first-order valence-electron chi connectivity index (χ1n) is 39.1. The zero-order chi connectivity index (χ0) is 81.7. The van der Waals surface area contributed by atoms with Gasteiger partial charge in [-0.2, -0.15) is 0 Å². The van der Waals surface area contributed by atoms with E-state index in [4.69, 9.17) is 45.0 Å². The van der Waals surface area contributed by atoms with E-state index in [2.05, 4.69) is 25.1 Å². The molecule has 5 unspecified atom stereocenters. The average molecular weight is 1400 g/mol. The predicted octanol–water partition coefficient (Wildman–Crippen LogP) is 7.12. The Labute approximate surface area is 607 Å². The van der Waals surface area contributed by atoms with Gasteiger partial charge >= 0.3 is 0 Å². The Kier molecular flexibility index (Phi) is 17.1. The molecule has 0 spiro atoms. The maximum absolute atomic E-state index is 13.4. The third-order valence-corrected chi connectivity index (χ3v) is 18.1. The fraction of sp³-hybridized carbons (Fsp3) is 0.346. The number of hydrogen-bond donors (Lipinski definition) is 3. The second-order valence-electron chi connectivity index (χ2n) is 25.0. The molecule has 9 amide bonds. The largest absolute Gasteiger partial charge is 0.489 e. The molecule has 24 heteroatoms. The molecule has 9 heterocycles. The number of carbonyl (C=O) groups excluding carboxylic acids is 9. The van der Waals surface area contributed by atoms with E-state index in [-0.39, 0.29) is 104 Å². The second kappa shape index (κ2) is 31.3. The van der Waals surface area contributed by atoms with Crippen molar-refractivity contribution in [2.45, 2.75) is 116 Å². The topological polar surface area (TPSA) is 265 Å². The van der Waals surface area contributed by atoms with Gasteiger partial charge in [0.25, 0.3) is 17.7 Å². The molecule has 6 aromatic carbocycles. The lowest BCUT2D eigenvalue weighted by molar-refractivity contribution is -0.144. The number of ether oxygens (including phenoxy) is 6. The number of fused-ring (bicyclic) bond motifs is 3. The van der Waals surface area contributed by atoms with Crippen LogP contribution in [0.4, 0.5) is 0 Å². The summed E-state index contributed by atoms with van der Waals surface area (Å²) in [4.78, 5) is 122. The maximum Gasteiger partial charge on any atom is 0.255 e. The number of morpholine rings is 3. The Bertz CT molecular complexity index is 4890. The van der Waals surface area contributed by atoms with Crippen molar-refractivity contribution in [2.75, 3.05) is 59.3 Å². The molecule has 0 bridgehead atoms. The van der Waals surface area contributed by atoms with Gasteiger partial charge in [-0.05, 0) is 108 Å². The van der Waals surface area contributed by atoms with Gasteiger partial charge in [-0.15, -0.1) is 0 Å². The molecule has 6 saturated heterocycles. The smallest absolute Gasteiger partial charge is 0.255 e. The van der Waals surface area contributed by atoms with Gasteiger partial charge in [0.1, 0.15) is 75.0 Å². The summed E-state index contributed by atoms with van der Waals surface area (Å²) in [5.74, 6) is -3.84. The molecule has 9 aliphatic rings. The van der Waals surface area contributed by atoms with E-state index < -0.39 is 85.1 Å². The summed E-state index contributed by atoms with van der Waals surface area (Å²) in [6, 6.07) is 31.0. The lowest BCUT2D eigenvalue weighted by Crippen LogP contribution is -2.49. The fourth-order valence-electron chi connectivity index (χ4n) is 12.5. The molecule has 5 atom stereocenters. The molecule has 9 aliphatic heterocycles. The van der Waals surface area contributed by atoms with Crippen LogP contribution in [-0.2, 0) is 102 Å². The highest BCUT2D eigenvalue weighted by atomic mass is 16.5. The van der Waals surface area contributed by atoms with Gasteiger partial charge < -0.3 is 73.8 Å². The predicted molar refractivity (Wildman–Crippen MR) is 371 cm³/mol. The fourth-order valence-corrected chi connectivity index (χ4v) is 12.5. The lowest BCUT2D eigenvalue weighted by atomic mass is 10.0. The molecule has 6 fully saturated rings. The number of nitrogens with one attached hydrogen (secondary N) is 3. The van der Waals surface area contributed by atoms with Crippen LogP contribution in [0.2, 0.25) is 2.82 Å². The first-order chi connectivity index (χ1) is 54.2. The Hall–Kier alpha value is -11.0. The molecule has 528 valence electrons. The maximum atomic E-state index is 13.4. The van der Waals surface area contributed by atoms with Crippen molar-refractivity contribution < 1.29 is 88.1 Å². The first kappa shape index (κ1) is 55.8. The zero-order valence-corrected chi connectivity index (χ0v) is 55.6. The van der Waals surface area contributed by atoms with Crippen LogP contribution < -0.4 is 30.1 Å². The van der Waals surface area contributed by atoms with Crippen molar-refractivity contribution in [3.05, 3.63) is 231 Å². The van der Waals surface area contributed by atoms with E-state index in [1.54, 1.807) is 57.2 Å². The summed E-state index contributed by atoms with van der Waals surface area (Å²) in [6.07, 6.45) is -9.76. The molecule has 3 N–H and O–H groups in total. The molecule has 24 nitrogen and oxygen atoms in total. The summed E-state index contributed by atoms with van der Waals surface area (Å²) in [6.45, 7) is 14.4. The average Bonchev–Trinajstić information content (AvgIpc) is 1.23. The Balaban J connectivity index is 0.000000150. The van der Waals surface area contributed by atoms with Crippen molar-refractivity contribution >= 4 is 53.2 Å². The van der Waals surface area contributed by atoms with Crippen molar-refractivity contribution in [1.29, 1.82) is 0 Å². The molecule has 0 saturated carbocycles. The van der Waals surface area contributed by atoms with E-state index in [9.17, 15) is 43.2 Å². The van der Waals surface area contributed by atoms with Crippen LogP contribution in [0.5, 0.6) is 17.2 Å². The van der Waals surface area contributed by atoms with Crippen LogP contribution in [0.25, 0.3) is 0 Å². The number of hydrogen-bond acceptors (Lipinski definition) is 15. The van der Waals surface area contributed by atoms with Gasteiger partial charge in [0.05, 0.1) is 43.5 Å². The summed E-state index contributed by atoms with van der Waals surface area (Å²) >= 11 is 0. The highest BCUT2D eigenvalue weighted by molar-refractivity contribution is 6.04. The molecule has 102 heavy (non-hydrogen) atoms. The molecule has 0 radical (unpaired) electrons. The monoisotopic (exact) mass is 1400 g/mol. The number of nitrogens with zero attached hydrogens (tertiary/aromatic N) is 6. The van der Waals surface area contributed by atoms with Crippen LogP contribution in [-0.4, -0.2) is 160 Å². The minimum atomic E-state index is -3.21. The Morgan fingerprint density at radius 1 is 0.461 bits per heavy atom. The minimum absolute atomic E-state index is 0.00854. The quantitative estimate of drug-likeness (QED) is 0.0774. The molecular formula is C78H81N9O15. The van der Waals surface area contributed by atoms with Crippen molar-refractivity contribution in [1.82, 2.24) is 45.3 Å². The van der Waals surface area contributed by atoms with Gasteiger partial charge in [0.2, 0.25) is 35.4 Å². The van der Waals surface area contributed by atoms with Gasteiger partial charge in [0, 0.05) is 99.3 Å². The van der Waals surface area contributed by atoms with Crippen LogP contribution in [0.15, 0.2) is 164 Å². The molecule has 15 rings (SSSR count). The normalized spacial score (nSPS) is 26.7. The second-order valence-corrected chi connectivity index (χ2v) is 25.0. The van der Waals surface area contributed by atoms with E-state index in [1.165, 1.54) is 17.0 Å². The van der Waals surface area contributed by atoms with Crippen LogP contribution in [0.3, 0.4) is 0 Å². The minimum Gasteiger partial charge on any atom is -0.489 e. The number of rotatable bonds is 18. The number of benzene rings is 6. The standard InChI is InChI=1S/3C26H27N3O5/c3*1-17-5-10-22(25(31)27-17)29-14-21-20(26(29)32)3-2-4-23(21)34-15-19-8-6-18(7-9-19)13-28-11-12-33-16-24(28)30/h3*2-4,6-9,22H,1,5,10-16H2,(H,27,31)/i5D2,10D2,22D;5D2,10D,22D;14D/hD2. The summed E-state index contributed by atoms with van der Waals surface area (Å²) in [5, 5.41) is 2.93. The van der Waals surface area contributed by atoms with Crippen LogP contribution in [0.1, 0.15) is 133 Å². The van der Waals surface area contributed by atoms with Crippen molar-refractivity contribution in [3.8, 4) is 17.2 Å². The number of piperidine rings is 3. The first-order valence-corrected chi connectivity index (χ1v) is 33.1. The SMILES string of the molecule is [2H]C1C([2H])([2H])C(=C)N([2H])C(=O)C1([2H])N1Cc2c(OCc3ccc(CN4CCOCC4=O)cc3)cccc2C1=O.[2H]C1c2c(OCc3ccc(CN4CCOCC4=O)cc3)cccc2C(=O)N1C1CCC(=C)NC1=O.[2H]N1C(=C)C([2H])([2H])C([2H])([2H])C([2H])(N2Cc3c(OCc4ccc(CN5CCOCC5=O)cc4)cccc3C2=O)C1=O. The van der Waals surface area contributed by atoms with Gasteiger partial charge in [-0.3, -0.25) is 43.2 Å². The third kappa shape index (κ3) is 15.9. The van der Waals surface area contributed by atoms with Gasteiger partial charge in [0.15, 0.2) is 2.82 Å². The summed E-state index contributed by atoms with van der Waals surface area (Å²) in [7, 11) is 0. The molecule has 0 aromatic heterocycles. The van der Waals surface area contributed by atoms with Crippen molar-refractivity contribution in [2.24, 2.45) is 0 Å². The van der Waals surface area contributed by atoms with Gasteiger partial charge in [-0.1, -0.05) is 111 Å². The van der Waals surface area contributed by atoms with E-state index in [1.807, 2.05) is 72.8 Å². The highest BCUT2D eigenvalue weighted by Crippen LogP contribution is 2.38. The number of allylic oxidation sites excluding steroid dienone is 3. The third-order valence-electron chi connectivity index (χ3n) is 18.1. The van der Waals surface area contributed by atoms with E-state index in [0.29, 0.717) is 122 Å². The lowest BCUT2D eigenvalue weighted by Gasteiger charge is -2.31. The van der Waals surface area contributed by atoms with E-state index in [0.717, 1.165) is 38.3 Å². The molecule has 6 aromatic rings. The van der Waals surface area contributed by atoms with Crippen LogP contribution in [0, 0.1) is 0 Å². The summed E-state index contributed by atoms with van der Waals surface area (Å²) < 4.78 is 134. The Morgan fingerprint density at radius 3 is 1.27 bits per heavy atom.